The minimum atomic E-state index is 1.11. The highest BCUT2D eigenvalue weighted by Gasteiger charge is 2.17. The van der Waals surface area contributed by atoms with Gasteiger partial charge in [-0.25, -0.2) is 8.61 Å². The van der Waals surface area contributed by atoms with E-state index < -0.39 is 0 Å². The molecule has 1 saturated heterocycles. The molecule has 1 aliphatic rings. The molecule has 1 rings (SSSR count). The molecule has 1 heterocycles. The van der Waals surface area contributed by atoms with Crippen molar-refractivity contribution in [2.75, 3.05) is 32.3 Å². The molecule has 0 N–H and O–H groups in total. The lowest BCUT2D eigenvalue weighted by Crippen LogP contribution is -2.13. The summed E-state index contributed by atoms with van der Waals surface area (Å²) < 4.78 is 4.72. The molecule has 0 amide bonds. The molecule has 0 bridgehead atoms. The van der Waals surface area contributed by atoms with Crippen LogP contribution in [0.5, 0.6) is 0 Å². The fraction of sp³-hybridized carbons (Fsp3) is 1.00. The van der Waals surface area contributed by atoms with Gasteiger partial charge >= 0.3 is 0 Å². The van der Waals surface area contributed by atoms with E-state index in [4.69, 9.17) is 0 Å². The lowest BCUT2D eigenvalue weighted by atomic mass is 10.7. The lowest BCUT2D eigenvalue weighted by molar-refractivity contribution is 0.496. The van der Waals surface area contributed by atoms with Gasteiger partial charge < -0.3 is 0 Å². The molecule has 0 spiro atoms. The highest BCUT2D eigenvalue weighted by molar-refractivity contribution is 7.97. The van der Waals surface area contributed by atoms with Crippen LogP contribution in [0.1, 0.15) is 27.7 Å². The Labute approximate surface area is 92.7 Å². The Bertz CT molecular complexity index is 81.7. The maximum absolute atomic E-state index is 2.36. The van der Waals surface area contributed by atoms with Crippen molar-refractivity contribution in [1.82, 2.24) is 8.61 Å². The zero-order chi connectivity index (χ0) is 10.7. The van der Waals surface area contributed by atoms with Crippen LogP contribution in [-0.2, 0) is 0 Å². The molecular formula is C9H24N2S2. The molecular weight excluding hydrogens is 200 g/mol. The van der Waals surface area contributed by atoms with Crippen molar-refractivity contribution < 1.29 is 0 Å². The first-order chi connectivity index (χ1) is 6.36. The third-order valence-corrected chi connectivity index (χ3v) is 3.06. The molecule has 13 heavy (non-hydrogen) atoms. The zero-order valence-electron chi connectivity index (χ0n) is 9.83. The Morgan fingerprint density at radius 2 is 1.08 bits per heavy atom. The van der Waals surface area contributed by atoms with E-state index in [2.05, 4.69) is 21.1 Å². The third kappa shape index (κ3) is 7.67. The summed E-state index contributed by atoms with van der Waals surface area (Å²) in [7, 11) is 0. The van der Waals surface area contributed by atoms with Crippen LogP contribution in [0.2, 0.25) is 0 Å². The molecule has 0 aliphatic carbocycles. The normalized spacial score (nSPS) is 17.1. The van der Waals surface area contributed by atoms with Gasteiger partial charge in [-0.3, -0.25) is 0 Å². The highest BCUT2D eigenvalue weighted by atomic mass is 32.2. The summed E-state index contributed by atoms with van der Waals surface area (Å²) in [5, 5.41) is 0. The van der Waals surface area contributed by atoms with Crippen LogP contribution in [0, 0.1) is 0 Å². The molecule has 0 aromatic rings. The van der Waals surface area contributed by atoms with Gasteiger partial charge in [0, 0.05) is 13.1 Å². The smallest absolute Gasteiger partial charge is 0.0705 e. The Kier molecular flexibility index (Phi) is 15.6. The van der Waals surface area contributed by atoms with Crippen LogP contribution in [-0.4, -0.2) is 40.9 Å². The lowest BCUT2D eigenvalue weighted by Gasteiger charge is -2.11. The van der Waals surface area contributed by atoms with Crippen LogP contribution in [0.3, 0.4) is 0 Å². The topological polar surface area (TPSA) is 6.48 Å². The summed E-state index contributed by atoms with van der Waals surface area (Å²) >= 11 is 3.66. The molecule has 4 heteroatoms. The van der Waals surface area contributed by atoms with Gasteiger partial charge in [0.15, 0.2) is 0 Å². The van der Waals surface area contributed by atoms with E-state index in [1.54, 1.807) is 0 Å². The average molecular weight is 224 g/mol. The third-order valence-electron chi connectivity index (χ3n) is 1.43. The Hall–Kier alpha value is 0.620. The minimum absolute atomic E-state index is 1.11. The molecule has 1 fully saturated rings. The predicted molar refractivity (Wildman–Crippen MR) is 68.0 cm³/mol. The van der Waals surface area contributed by atoms with Gasteiger partial charge in [-0.15, -0.1) is 0 Å². The predicted octanol–water partition coefficient (Wildman–Crippen LogP) is 3.17. The van der Waals surface area contributed by atoms with E-state index >= 15 is 0 Å². The monoisotopic (exact) mass is 224 g/mol. The summed E-state index contributed by atoms with van der Waals surface area (Å²) in [6.07, 6.45) is 4.26. The van der Waals surface area contributed by atoms with Crippen LogP contribution in [0.15, 0.2) is 0 Å². The number of hydrogen-bond donors (Lipinski definition) is 0. The number of nitrogens with zero attached hydrogens (tertiary/aromatic N) is 2. The van der Waals surface area contributed by atoms with Crippen molar-refractivity contribution in [1.29, 1.82) is 0 Å². The summed E-state index contributed by atoms with van der Waals surface area (Å²) in [6.45, 7) is 11.5. The standard InChI is InChI=1S/C5H12N2S2.2C2H6/c1-8-6-3-4-7(5-6)9-2;2*1-2/h3-5H2,1-2H3;2*1-2H3. The number of hydrogen-bond acceptors (Lipinski definition) is 4. The van der Waals surface area contributed by atoms with E-state index in [0.29, 0.717) is 0 Å². The van der Waals surface area contributed by atoms with Crippen molar-refractivity contribution >= 4 is 23.9 Å². The summed E-state index contributed by atoms with van der Waals surface area (Å²) in [4.78, 5) is 0. The summed E-state index contributed by atoms with van der Waals surface area (Å²) in [5.74, 6) is 0. The SMILES string of the molecule is CC.CC.CSN1CCN(SC)C1. The van der Waals surface area contributed by atoms with Crippen molar-refractivity contribution in [3.63, 3.8) is 0 Å². The highest BCUT2D eigenvalue weighted by Crippen LogP contribution is 2.17. The van der Waals surface area contributed by atoms with Crippen molar-refractivity contribution in [2.24, 2.45) is 0 Å². The summed E-state index contributed by atoms with van der Waals surface area (Å²) in [5.41, 5.74) is 0. The quantitative estimate of drug-likeness (QED) is 0.664. The van der Waals surface area contributed by atoms with Gasteiger partial charge in [0.2, 0.25) is 0 Å². The zero-order valence-corrected chi connectivity index (χ0v) is 11.5. The average Bonchev–Trinajstić information content (AvgIpc) is 2.71. The molecule has 0 aromatic heterocycles. The fourth-order valence-corrected chi connectivity index (χ4v) is 1.95. The van der Waals surface area contributed by atoms with Gasteiger partial charge in [0.05, 0.1) is 6.67 Å². The first-order valence-corrected chi connectivity index (χ1v) is 7.31. The van der Waals surface area contributed by atoms with Crippen molar-refractivity contribution in [2.45, 2.75) is 27.7 Å². The van der Waals surface area contributed by atoms with Gasteiger partial charge in [0.25, 0.3) is 0 Å². The molecule has 0 atom stereocenters. The maximum Gasteiger partial charge on any atom is 0.0705 e. The Balaban J connectivity index is 0. The Morgan fingerprint density at radius 3 is 1.23 bits per heavy atom. The minimum Gasteiger partial charge on any atom is -0.235 e. The van der Waals surface area contributed by atoms with Crippen LogP contribution >= 0.6 is 23.9 Å². The molecule has 0 aromatic carbocycles. The molecule has 0 unspecified atom stereocenters. The van der Waals surface area contributed by atoms with Crippen LogP contribution in [0.25, 0.3) is 0 Å². The fourth-order valence-electron chi connectivity index (χ4n) is 0.838. The first kappa shape index (κ1) is 16.1. The van der Waals surface area contributed by atoms with Crippen molar-refractivity contribution in [3.05, 3.63) is 0 Å². The Morgan fingerprint density at radius 1 is 0.769 bits per heavy atom. The first-order valence-electron chi connectivity index (χ1n) is 4.95. The largest absolute Gasteiger partial charge is 0.235 e. The van der Waals surface area contributed by atoms with E-state index in [1.807, 2.05) is 51.6 Å². The second kappa shape index (κ2) is 12.6. The molecule has 82 valence electrons. The van der Waals surface area contributed by atoms with Gasteiger partial charge in [0.1, 0.15) is 0 Å². The van der Waals surface area contributed by atoms with Crippen LogP contribution in [0.4, 0.5) is 0 Å². The van der Waals surface area contributed by atoms with Gasteiger partial charge in [-0.1, -0.05) is 51.6 Å². The summed E-state index contributed by atoms with van der Waals surface area (Å²) in [6, 6.07) is 0. The van der Waals surface area contributed by atoms with Gasteiger partial charge in [-0.2, -0.15) is 0 Å². The number of rotatable bonds is 2. The van der Waals surface area contributed by atoms with E-state index in [-0.39, 0.29) is 0 Å². The second-order valence-electron chi connectivity index (χ2n) is 1.92. The molecule has 0 radical (unpaired) electrons. The maximum atomic E-state index is 2.36. The van der Waals surface area contributed by atoms with E-state index in [0.717, 1.165) is 6.67 Å². The van der Waals surface area contributed by atoms with E-state index in [1.165, 1.54) is 13.1 Å². The van der Waals surface area contributed by atoms with Gasteiger partial charge in [-0.05, 0) is 12.5 Å². The molecule has 1 aliphatic heterocycles. The second-order valence-corrected chi connectivity index (χ2v) is 3.68. The molecule has 0 saturated carbocycles. The van der Waals surface area contributed by atoms with Crippen molar-refractivity contribution in [3.8, 4) is 0 Å². The van der Waals surface area contributed by atoms with E-state index in [9.17, 15) is 0 Å². The molecule has 2 nitrogen and oxygen atoms in total. The van der Waals surface area contributed by atoms with Crippen LogP contribution < -0.4 is 0 Å².